The average Bonchev–Trinajstić information content (AvgIpc) is 1.85. The summed E-state index contributed by atoms with van der Waals surface area (Å²) in [5, 5.41) is 0. The zero-order valence-corrected chi connectivity index (χ0v) is 6.44. The minimum atomic E-state index is -0.548. The highest BCUT2D eigenvalue weighted by Crippen LogP contribution is 2.14. The molecule has 0 radical (unpaired) electrons. The molecule has 0 aliphatic heterocycles. The molecular formula is C8H9F2N. The van der Waals surface area contributed by atoms with Crippen molar-refractivity contribution in [3.05, 3.63) is 29.8 Å². The second kappa shape index (κ2) is 2.86. The lowest BCUT2D eigenvalue weighted by atomic mass is 10.3. The molecule has 1 rings (SSSR count). The second-order valence-corrected chi connectivity index (χ2v) is 2.52. The maximum absolute atomic E-state index is 12.5. The first-order chi connectivity index (χ1) is 5.09. The van der Waals surface area contributed by atoms with Gasteiger partial charge >= 0.3 is 0 Å². The molecule has 11 heavy (non-hydrogen) atoms. The average molecular weight is 157 g/mol. The normalized spacial score (nSPS) is 9.82. The van der Waals surface area contributed by atoms with Crippen LogP contribution in [0.2, 0.25) is 0 Å². The molecule has 1 aromatic carbocycles. The van der Waals surface area contributed by atoms with Gasteiger partial charge in [0.15, 0.2) is 0 Å². The molecule has 60 valence electrons. The van der Waals surface area contributed by atoms with Crippen LogP contribution in [0.5, 0.6) is 0 Å². The first-order valence-electron chi connectivity index (χ1n) is 3.23. The van der Waals surface area contributed by atoms with Crippen molar-refractivity contribution in [2.24, 2.45) is 0 Å². The fourth-order valence-electron chi connectivity index (χ4n) is 0.797. The van der Waals surface area contributed by atoms with Crippen LogP contribution in [0.15, 0.2) is 18.2 Å². The van der Waals surface area contributed by atoms with Crippen molar-refractivity contribution < 1.29 is 8.78 Å². The lowest BCUT2D eigenvalue weighted by Crippen LogP contribution is -2.08. The summed E-state index contributed by atoms with van der Waals surface area (Å²) >= 11 is 0. The van der Waals surface area contributed by atoms with Crippen LogP contribution in [0.3, 0.4) is 0 Å². The number of rotatable bonds is 1. The summed E-state index contributed by atoms with van der Waals surface area (Å²) in [6.45, 7) is 0. The highest BCUT2D eigenvalue weighted by Gasteiger charge is 2.00. The molecule has 0 heterocycles. The van der Waals surface area contributed by atoms with Crippen molar-refractivity contribution in [1.82, 2.24) is 0 Å². The summed E-state index contributed by atoms with van der Waals surface area (Å²) in [5.74, 6) is -1.10. The standard InChI is InChI=1S/C8H9F2N/c1-11(2)8-4-6(9)3-7(10)5-8/h3-5H,1-2H3. The highest BCUT2D eigenvalue weighted by atomic mass is 19.1. The topological polar surface area (TPSA) is 3.24 Å². The van der Waals surface area contributed by atoms with Crippen LogP contribution in [0, 0.1) is 11.6 Å². The molecule has 3 heteroatoms. The fraction of sp³-hybridized carbons (Fsp3) is 0.250. The van der Waals surface area contributed by atoms with Gasteiger partial charge in [-0.3, -0.25) is 0 Å². The van der Waals surface area contributed by atoms with E-state index < -0.39 is 11.6 Å². The molecule has 1 nitrogen and oxygen atoms in total. The SMILES string of the molecule is CN(C)c1cc(F)cc(F)c1. The summed E-state index contributed by atoms with van der Waals surface area (Å²) in [5.41, 5.74) is 0.530. The zero-order valence-electron chi connectivity index (χ0n) is 6.44. The van der Waals surface area contributed by atoms with E-state index >= 15 is 0 Å². The minimum Gasteiger partial charge on any atom is -0.377 e. The molecule has 0 unspecified atom stereocenters. The smallest absolute Gasteiger partial charge is 0.128 e. The summed E-state index contributed by atoms with van der Waals surface area (Å²) in [6, 6.07) is 3.42. The predicted molar refractivity (Wildman–Crippen MR) is 40.7 cm³/mol. The molecule has 0 bridgehead atoms. The van der Waals surface area contributed by atoms with E-state index in [9.17, 15) is 8.78 Å². The number of anilines is 1. The largest absolute Gasteiger partial charge is 0.377 e. The predicted octanol–water partition coefficient (Wildman–Crippen LogP) is 2.03. The van der Waals surface area contributed by atoms with Gasteiger partial charge in [-0.05, 0) is 12.1 Å². The number of halogens is 2. The van der Waals surface area contributed by atoms with Crippen molar-refractivity contribution in [2.75, 3.05) is 19.0 Å². The van der Waals surface area contributed by atoms with Crippen molar-refractivity contribution in [2.45, 2.75) is 0 Å². The number of nitrogens with zero attached hydrogens (tertiary/aromatic N) is 1. The Hall–Kier alpha value is -1.12. The van der Waals surface area contributed by atoms with Crippen molar-refractivity contribution in [3.8, 4) is 0 Å². The molecule has 0 amide bonds. The second-order valence-electron chi connectivity index (χ2n) is 2.52. The fourth-order valence-corrected chi connectivity index (χ4v) is 0.797. The molecule has 0 saturated heterocycles. The third kappa shape index (κ3) is 1.90. The van der Waals surface area contributed by atoms with Gasteiger partial charge in [-0.2, -0.15) is 0 Å². The van der Waals surface area contributed by atoms with E-state index in [0.29, 0.717) is 5.69 Å². The van der Waals surface area contributed by atoms with Crippen LogP contribution in [-0.4, -0.2) is 14.1 Å². The van der Waals surface area contributed by atoms with Crippen LogP contribution in [0.25, 0.3) is 0 Å². The van der Waals surface area contributed by atoms with E-state index in [2.05, 4.69) is 0 Å². The van der Waals surface area contributed by atoms with E-state index in [1.807, 2.05) is 0 Å². The quantitative estimate of drug-likeness (QED) is 0.603. The highest BCUT2D eigenvalue weighted by molar-refractivity contribution is 5.45. The van der Waals surface area contributed by atoms with Gasteiger partial charge in [0.1, 0.15) is 11.6 Å². The van der Waals surface area contributed by atoms with Crippen molar-refractivity contribution in [3.63, 3.8) is 0 Å². The summed E-state index contributed by atoms with van der Waals surface area (Å²) in [6.07, 6.45) is 0. The zero-order chi connectivity index (χ0) is 8.43. The molecule has 0 aliphatic carbocycles. The van der Waals surface area contributed by atoms with E-state index in [-0.39, 0.29) is 0 Å². The van der Waals surface area contributed by atoms with Crippen LogP contribution < -0.4 is 4.90 Å². The van der Waals surface area contributed by atoms with Crippen LogP contribution >= 0.6 is 0 Å². The Labute approximate surface area is 64.3 Å². The lowest BCUT2D eigenvalue weighted by molar-refractivity contribution is 0.583. The van der Waals surface area contributed by atoms with Crippen LogP contribution in [-0.2, 0) is 0 Å². The molecule has 0 saturated carbocycles. The van der Waals surface area contributed by atoms with Gasteiger partial charge in [0, 0.05) is 25.8 Å². The minimum absolute atomic E-state index is 0.530. The molecule has 1 aromatic rings. The molecule has 0 fully saturated rings. The first-order valence-corrected chi connectivity index (χ1v) is 3.23. The van der Waals surface area contributed by atoms with Crippen molar-refractivity contribution in [1.29, 1.82) is 0 Å². The summed E-state index contributed by atoms with van der Waals surface area (Å²) in [4.78, 5) is 1.64. The van der Waals surface area contributed by atoms with E-state index in [1.165, 1.54) is 12.1 Å². The number of hydrogen-bond acceptors (Lipinski definition) is 1. The molecular weight excluding hydrogens is 148 g/mol. The first kappa shape index (κ1) is 7.98. The molecule has 0 spiro atoms. The maximum Gasteiger partial charge on any atom is 0.128 e. The Bertz CT molecular complexity index is 238. The van der Waals surface area contributed by atoms with E-state index in [1.54, 1.807) is 19.0 Å². The van der Waals surface area contributed by atoms with E-state index in [4.69, 9.17) is 0 Å². The molecule has 0 N–H and O–H groups in total. The van der Waals surface area contributed by atoms with Crippen LogP contribution in [0.4, 0.5) is 14.5 Å². The lowest BCUT2D eigenvalue weighted by Gasteiger charge is -2.11. The van der Waals surface area contributed by atoms with Gasteiger partial charge < -0.3 is 4.90 Å². The Balaban J connectivity index is 3.08. The Morgan fingerprint density at radius 1 is 1.00 bits per heavy atom. The molecule has 0 aliphatic rings. The Morgan fingerprint density at radius 2 is 1.45 bits per heavy atom. The van der Waals surface area contributed by atoms with Gasteiger partial charge in [0.2, 0.25) is 0 Å². The number of hydrogen-bond donors (Lipinski definition) is 0. The van der Waals surface area contributed by atoms with Gasteiger partial charge in [0.25, 0.3) is 0 Å². The molecule has 0 atom stereocenters. The summed E-state index contributed by atoms with van der Waals surface area (Å²) in [7, 11) is 3.46. The van der Waals surface area contributed by atoms with Gasteiger partial charge in [0.05, 0.1) is 0 Å². The number of benzene rings is 1. The Morgan fingerprint density at radius 3 is 1.82 bits per heavy atom. The van der Waals surface area contributed by atoms with Gasteiger partial charge in [-0.15, -0.1) is 0 Å². The third-order valence-corrected chi connectivity index (χ3v) is 1.36. The summed E-state index contributed by atoms with van der Waals surface area (Å²) < 4.78 is 25.0. The van der Waals surface area contributed by atoms with Gasteiger partial charge in [-0.25, -0.2) is 8.78 Å². The Kier molecular flexibility index (Phi) is 2.08. The third-order valence-electron chi connectivity index (χ3n) is 1.36. The van der Waals surface area contributed by atoms with E-state index in [0.717, 1.165) is 6.07 Å². The monoisotopic (exact) mass is 157 g/mol. The maximum atomic E-state index is 12.5. The molecule has 0 aromatic heterocycles. The van der Waals surface area contributed by atoms with Gasteiger partial charge in [-0.1, -0.05) is 0 Å². The van der Waals surface area contributed by atoms with Crippen molar-refractivity contribution >= 4 is 5.69 Å². The van der Waals surface area contributed by atoms with Crippen LogP contribution in [0.1, 0.15) is 0 Å².